The summed E-state index contributed by atoms with van der Waals surface area (Å²) >= 11 is 0. The summed E-state index contributed by atoms with van der Waals surface area (Å²) in [6, 6.07) is 77.4. The molecule has 0 saturated heterocycles. The van der Waals surface area contributed by atoms with Gasteiger partial charge in [0.2, 0.25) is 11.9 Å². The summed E-state index contributed by atoms with van der Waals surface area (Å²) in [6.07, 6.45) is 0. The van der Waals surface area contributed by atoms with E-state index >= 15 is 0 Å². The molecule has 9 heteroatoms. The van der Waals surface area contributed by atoms with Crippen LogP contribution in [0.4, 0.5) is 0 Å². The number of hydrogen-bond acceptors (Lipinski definition) is 6. The second-order valence-corrected chi connectivity index (χ2v) is 17.2. The molecular weight excluding hydrogens is 847 g/mol. The van der Waals surface area contributed by atoms with E-state index in [1.54, 1.807) is 0 Å². The van der Waals surface area contributed by atoms with E-state index in [0.717, 1.165) is 105 Å². The average Bonchev–Trinajstić information content (AvgIpc) is 4.11. The molecule has 0 radical (unpaired) electrons. The number of aromatic nitrogens is 9. The minimum atomic E-state index is 0.594. The largest absolute Gasteiger partial charge is 0.278 e. The Bertz CT molecular complexity index is 4050. The molecule has 14 rings (SSSR count). The Kier molecular flexibility index (Phi) is 8.68. The van der Waals surface area contributed by atoms with E-state index < -0.39 is 0 Å². The fourth-order valence-corrected chi connectivity index (χ4v) is 10.1. The Morgan fingerprint density at radius 2 is 0.638 bits per heavy atom. The second-order valence-electron chi connectivity index (χ2n) is 17.2. The Balaban J connectivity index is 0.979. The van der Waals surface area contributed by atoms with Gasteiger partial charge in [0.05, 0.1) is 44.5 Å². The van der Waals surface area contributed by atoms with Gasteiger partial charge in [-0.2, -0.15) is 0 Å². The Labute approximate surface area is 394 Å². The number of rotatable bonds is 7. The van der Waals surface area contributed by atoms with Crippen molar-refractivity contribution in [2.75, 3.05) is 0 Å². The number of hydrogen-bond donors (Lipinski definition) is 0. The zero-order valence-electron chi connectivity index (χ0n) is 36.9. The maximum absolute atomic E-state index is 5.34. The van der Waals surface area contributed by atoms with E-state index in [0.29, 0.717) is 23.5 Å². The van der Waals surface area contributed by atoms with Crippen LogP contribution in [0.2, 0.25) is 0 Å². The van der Waals surface area contributed by atoms with E-state index in [2.05, 4.69) is 184 Å². The molecule has 0 atom stereocenters. The summed E-state index contributed by atoms with van der Waals surface area (Å²) in [4.78, 5) is 21.1. The van der Waals surface area contributed by atoms with Gasteiger partial charge in [-0.05, 0) is 48.5 Å². The van der Waals surface area contributed by atoms with Gasteiger partial charge in [-0.1, -0.05) is 176 Å². The lowest BCUT2D eigenvalue weighted by atomic mass is 10.1. The lowest BCUT2D eigenvalue weighted by molar-refractivity contribution is 1.01. The van der Waals surface area contributed by atoms with Crippen molar-refractivity contribution in [2.24, 2.45) is 0 Å². The van der Waals surface area contributed by atoms with Crippen LogP contribution in [-0.2, 0) is 0 Å². The van der Waals surface area contributed by atoms with Crippen LogP contribution in [0, 0.1) is 0 Å². The molecule has 5 aromatic heterocycles. The van der Waals surface area contributed by atoms with Crippen molar-refractivity contribution in [1.82, 2.24) is 43.8 Å². The summed E-state index contributed by atoms with van der Waals surface area (Å²) in [5, 5.41) is 16.4. The van der Waals surface area contributed by atoms with Crippen molar-refractivity contribution in [2.45, 2.75) is 0 Å². The minimum Gasteiger partial charge on any atom is -0.278 e. The van der Waals surface area contributed by atoms with Crippen LogP contribution in [-0.4, -0.2) is 43.8 Å². The fraction of sp³-hybridized carbons (Fsp3) is 0. The van der Waals surface area contributed by atoms with Crippen LogP contribution in [0.5, 0.6) is 0 Å². The van der Waals surface area contributed by atoms with Gasteiger partial charge >= 0.3 is 0 Å². The van der Waals surface area contributed by atoms with Gasteiger partial charge in [-0.3, -0.25) is 13.7 Å². The normalized spacial score (nSPS) is 11.8. The predicted octanol–water partition coefficient (Wildman–Crippen LogP) is 14.0. The number of para-hydroxylation sites is 5. The highest BCUT2D eigenvalue weighted by Gasteiger charge is 2.24. The molecule has 0 aliphatic heterocycles. The maximum Gasteiger partial charge on any atom is 0.235 e. The third-order valence-electron chi connectivity index (χ3n) is 13.2. The average molecular weight is 884 g/mol. The number of benzene rings is 9. The van der Waals surface area contributed by atoms with Crippen LogP contribution in [0.15, 0.2) is 224 Å². The van der Waals surface area contributed by atoms with Crippen LogP contribution in [0.1, 0.15) is 0 Å². The van der Waals surface area contributed by atoms with Gasteiger partial charge in [0.25, 0.3) is 0 Å². The quantitative estimate of drug-likeness (QED) is 0.158. The van der Waals surface area contributed by atoms with Crippen molar-refractivity contribution in [1.29, 1.82) is 0 Å². The van der Waals surface area contributed by atoms with Crippen molar-refractivity contribution in [3.63, 3.8) is 0 Å². The molecule has 0 N–H and O–H groups in total. The summed E-state index contributed by atoms with van der Waals surface area (Å²) in [7, 11) is 0. The lowest BCUT2D eigenvalue weighted by Crippen LogP contribution is -2.04. The van der Waals surface area contributed by atoms with Crippen LogP contribution in [0.3, 0.4) is 0 Å². The zero-order valence-corrected chi connectivity index (χ0v) is 36.9. The molecule has 0 unspecified atom stereocenters. The summed E-state index contributed by atoms with van der Waals surface area (Å²) in [6.45, 7) is 0. The molecule has 0 bridgehead atoms. The molecule has 322 valence electrons. The number of fused-ring (bicyclic) bond motifs is 8. The van der Waals surface area contributed by atoms with Gasteiger partial charge < -0.3 is 0 Å². The lowest BCUT2D eigenvalue weighted by Gasteiger charge is -2.13. The van der Waals surface area contributed by atoms with E-state index in [4.69, 9.17) is 30.1 Å². The van der Waals surface area contributed by atoms with Gasteiger partial charge in [0.1, 0.15) is 0 Å². The van der Waals surface area contributed by atoms with E-state index in [9.17, 15) is 0 Å². The molecule has 0 fully saturated rings. The first-order valence-electron chi connectivity index (χ1n) is 23.0. The molecule has 5 heterocycles. The van der Waals surface area contributed by atoms with Crippen molar-refractivity contribution in [3.05, 3.63) is 224 Å². The van der Waals surface area contributed by atoms with Gasteiger partial charge in [-0.25, -0.2) is 19.9 Å². The van der Waals surface area contributed by atoms with Gasteiger partial charge in [0, 0.05) is 60.3 Å². The summed E-state index contributed by atoms with van der Waals surface area (Å²) < 4.78 is 6.52. The van der Waals surface area contributed by atoms with E-state index in [1.165, 1.54) is 0 Å². The molecule has 0 aliphatic rings. The van der Waals surface area contributed by atoms with Gasteiger partial charge in [-0.15, -0.1) is 10.2 Å². The highest BCUT2D eigenvalue weighted by molar-refractivity contribution is 6.11. The molecule has 0 spiro atoms. The molecule has 0 saturated carbocycles. The zero-order chi connectivity index (χ0) is 45.4. The second kappa shape index (κ2) is 15.5. The smallest absolute Gasteiger partial charge is 0.235 e. The van der Waals surface area contributed by atoms with Crippen LogP contribution >= 0.6 is 0 Å². The Hall–Kier alpha value is -9.60. The van der Waals surface area contributed by atoms with E-state index in [-0.39, 0.29) is 0 Å². The first-order chi connectivity index (χ1) is 34.2. The predicted molar refractivity (Wildman–Crippen MR) is 278 cm³/mol. The topological polar surface area (TPSA) is 92.1 Å². The molecule has 14 aromatic rings. The third kappa shape index (κ3) is 6.18. The van der Waals surface area contributed by atoms with Crippen molar-refractivity contribution >= 4 is 65.4 Å². The Morgan fingerprint density at radius 3 is 1.10 bits per heavy atom. The van der Waals surface area contributed by atoms with Crippen LogP contribution < -0.4 is 0 Å². The molecule has 69 heavy (non-hydrogen) atoms. The Morgan fingerprint density at radius 1 is 0.261 bits per heavy atom. The third-order valence-corrected chi connectivity index (χ3v) is 13.2. The SMILES string of the molecule is c1ccc(-c2nc(-n3c4ccccc4c4ccc(-c5nnc(-c6ccc7c8ccccc8n(-c8nc(-c9ccccc9)c9ccccc9n8)c7c6)n5-c5ccccc5)cc43)nc3ccccc23)cc1. The van der Waals surface area contributed by atoms with Crippen LogP contribution in [0.25, 0.3) is 128 Å². The minimum absolute atomic E-state index is 0.594. The van der Waals surface area contributed by atoms with E-state index in [1.807, 2.05) is 54.6 Å². The fourth-order valence-electron chi connectivity index (χ4n) is 10.1. The van der Waals surface area contributed by atoms with Crippen molar-refractivity contribution in [3.8, 4) is 62.9 Å². The maximum atomic E-state index is 5.34. The first kappa shape index (κ1) is 38.6. The monoisotopic (exact) mass is 883 g/mol. The summed E-state index contributed by atoms with van der Waals surface area (Å²) in [5.41, 5.74) is 12.2. The highest BCUT2D eigenvalue weighted by Crippen LogP contribution is 2.39. The number of nitrogens with zero attached hydrogens (tertiary/aromatic N) is 9. The molecule has 9 nitrogen and oxygen atoms in total. The molecule has 9 aromatic carbocycles. The first-order valence-corrected chi connectivity index (χ1v) is 23.0. The van der Waals surface area contributed by atoms with Crippen molar-refractivity contribution < 1.29 is 0 Å². The molecular formula is C60H37N9. The molecule has 0 amide bonds. The van der Waals surface area contributed by atoms with Gasteiger partial charge in [0.15, 0.2) is 11.6 Å². The highest BCUT2D eigenvalue weighted by atomic mass is 15.3. The standard InChI is InChI=1S/C60H37N9/c1-4-18-38(19-5-1)55-47-26-10-14-28-49(47)61-59(63-55)68-51-30-16-12-24-43(51)45-34-32-40(36-53(45)68)57-65-66-58(67(57)42-22-8-3-9-23-42)41-33-35-46-44-25-13-17-31-52(44)69(54(46)37-41)60-62-50-29-15-11-27-48(50)56(64-60)39-20-6-2-7-21-39/h1-37H. The molecule has 0 aliphatic carbocycles. The summed E-state index contributed by atoms with van der Waals surface area (Å²) in [5.74, 6) is 2.59.